The van der Waals surface area contributed by atoms with Crippen molar-refractivity contribution in [1.82, 2.24) is 16.2 Å². The number of hydrazine groups is 1. The number of carbonyl (C=O) groups excluding carboxylic acids is 2. The van der Waals surface area contributed by atoms with Gasteiger partial charge >= 0.3 is 0 Å². The fraction of sp³-hybridized carbons (Fsp3) is 0.235. The largest absolute Gasteiger partial charge is 0.484 e. The summed E-state index contributed by atoms with van der Waals surface area (Å²) in [7, 11) is 0. The van der Waals surface area contributed by atoms with Gasteiger partial charge in [0.2, 0.25) is 0 Å². The molecule has 1 heterocycles. The van der Waals surface area contributed by atoms with Crippen LogP contribution in [0.25, 0.3) is 0 Å². The Morgan fingerprint density at radius 1 is 1.15 bits per heavy atom. The van der Waals surface area contributed by atoms with Crippen LogP contribution in [-0.4, -0.2) is 23.5 Å². The molecule has 9 heteroatoms. The van der Waals surface area contributed by atoms with Gasteiger partial charge in [-0.1, -0.05) is 26.0 Å². The zero-order chi connectivity index (χ0) is 19.1. The normalized spacial score (nSPS) is 10.3. The van der Waals surface area contributed by atoms with Crippen molar-refractivity contribution >= 4 is 45.1 Å². The van der Waals surface area contributed by atoms with Crippen molar-refractivity contribution in [2.24, 2.45) is 0 Å². The molecular weight excluding hydrogens is 422 g/mol. The molecule has 0 bridgehead atoms. The molecule has 2 aromatic rings. The van der Waals surface area contributed by atoms with E-state index in [2.05, 4.69) is 45.9 Å². The first-order chi connectivity index (χ1) is 12.3. The van der Waals surface area contributed by atoms with Gasteiger partial charge in [0.25, 0.3) is 11.8 Å². The molecule has 0 saturated carbocycles. The van der Waals surface area contributed by atoms with Gasteiger partial charge in [0.1, 0.15) is 5.75 Å². The highest BCUT2D eigenvalue weighted by atomic mass is 79.9. The summed E-state index contributed by atoms with van der Waals surface area (Å²) in [6.45, 7) is 4.00. The maximum absolute atomic E-state index is 11.8. The van der Waals surface area contributed by atoms with Crippen LogP contribution in [0.5, 0.6) is 5.75 Å². The van der Waals surface area contributed by atoms with Crippen LogP contribution in [0.2, 0.25) is 0 Å². The smallest absolute Gasteiger partial charge is 0.293 e. The van der Waals surface area contributed by atoms with Crippen LogP contribution in [0, 0.1) is 0 Å². The molecule has 0 aliphatic rings. The number of ether oxygens (including phenoxy) is 1. The molecule has 138 valence electrons. The average molecular weight is 440 g/mol. The number of benzene rings is 1. The highest BCUT2D eigenvalue weighted by molar-refractivity contribution is 9.10. The zero-order valence-electron chi connectivity index (χ0n) is 14.2. The standard InChI is InChI=1S/C17H18BrN3O4S/c1-10(2)11-3-5-12(6-4-11)24-9-15(22)20-21-17(26)19-16(23)13-7-8-14(18)25-13/h3-8,10H,9H2,1-2H3,(H,20,22)(H2,19,21,23,26). The van der Waals surface area contributed by atoms with E-state index in [1.165, 1.54) is 11.6 Å². The topological polar surface area (TPSA) is 92.6 Å². The molecular formula is C17H18BrN3O4S. The van der Waals surface area contributed by atoms with Gasteiger partial charge in [-0.3, -0.25) is 25.8 Å². The summed E-state index contributed by atoms with van der Waals surface area (Å²) in [5, 5.41) is 2.29. The van der Waals surface area contributed by atoms with Crippen molar-refractivity contribution < 1.29 is 18.7 Å². The Hall–Kier alpha value is -2.39. The third-order valence-electron chi connectivity index (χ3n) is 3.26. The van der Waals surface area contributed by atoms with Crippen LogP contribution in [0.4, 0.5) is 0 Å². The molecule has 0 atom stereocenters. The van der Waals surface area contributed by atoms with E-state index in [1.54, 1.807) is 6.07 Å². The lowest BCUT2D eigenvalue weighted by Crippen LogP contribution is -2.49. The zero-order valence-corrected chi connectivity index (χ0v) is 16.6. The van der Waals surface area contributed by atoms with Gasteiger partial charge in [-0.25, -0.2) is 0 Å². The van der Waals surface area contributed by atoms with Crippen molar-refractivity contribution in [3.05, 3.63) is 52.4 Å². The van der Waals surface area contributed by atoms with Gasteiger partial charge in [-0.05, 0) is 63.9 Å². The van der Waals surface area contributed by atoms with Crippen molar-refractivity contribution in [2.45, 2.75) is 19.8 Å². The SMILES string of the molecule is CC(C)c1ccc(OCC(=O)NNC(=S)NC(=O)c2ccc(Br)o2)cc1. The summed E-state index contributed by atoms with van der Waals surface area (Å²) in [4.78, 5) is 23.6. The Bertz CT molecular complexity index is 790. The predicted molar refractivity (Wildman–Crippen MR) is 104 cm³/mol. The predicted octanol–water partition coefficient (Wildman–Crippen LogP) is 2.88. The highest BCUT2D eigenvalue weighted by Gasteiger charge is 2.12. The summed E-state index contributed by atoms with van der Waals surface area (Å²) in [6, 6.07) is 10.6. The molecule has 0 aliphatic heterocycles. The molecule has 0 unspecified atom stereocenters. The van der Waals surface area contributed by atoms with Gasteiger partial charge in [0, 0.05) is 0 Å². The number of thiocarbonyl (C=S) groups is 1. The van der Waals surface area contributed by atoms with E-state index in [9.17, 15) is 9.59 Å². The first kappa shape index (κ1) is 19.9. The number of amides is 2. The number of furan rings is 1. The lowest BCUT2D eigenvalue weighted by Gasteiger charge is -2.11. The Morgan fingerprint density at radius 2 is 1.85 bits per heavy atom. The molecule has 2 amide bonds. The number of carbonyl (C=O) groups is 2. The molecule has 0 radical (unpaired) electrons. The van der Waals surface area contributed by atoms with Crippen LogP contribution < -0.4 is 20.9 Å². The summed E-state index contributed by atoms with van der Waals surface area (Å²) in [6.07, 6.45) is 0. The number of hydrogen-bond donors (Lipinski definition) is 3. The Kier molecular flexibility index (Phi) is 7.16. The second-order valence-corrected chi connectivity index (χ2v) is 6.76. The molecule has 0 aliphatic carbocycles. The lowest BCUT2D eigenvalue weighted by atomic mass is 10.0. The minimum absolute atomic E-state index is 0.0721. The van der Waals surface area contributed by atoms with Crippen LogP contribution >= 0.6 is 28.1 Å². The van der Waals surface area contributed by atoms with E-state index in [0.717, 1.165) is 0 Å². The fourth-order valence-electron chi connectivity index (χ4n) is 1.89. The number of halogens is 1. The van der Waals surface area contributed by atoms with Gasteiger partial charge in [-0.2, -0.15) is 0 Å². The second kappa shape index (κ2) is 9.35. The van der Waals surface area contributed by atoms with Gasteiger partial charge < -0.3 is 9.15 Å². The van der Waals surface area contributed by atoms with Crippen LogP contribution in [0.1, 0.15) is 35.9 Å². The van der Waals surface area contributed by atoms with E-state index in [4.69, 9.17) is 21.4 Å². The van der Waals surface area contributed by atoms with Gasteiger partial charge in [-0.15, -0.1) is 0 Å². The summed E-state index contributed by atoms with van der Waals surface area (Å²) in [5.41, 5.74) is 5.94. The molecule has 7 nitrogen and oxygen atoms in total. The van der Waals surface area contributed by atoms with Gasteiger partial charge in [0.15, 0.2) is 22.1 Å². The van der Waals surface area contributed by atoms with Gasteiger partial charge in [0.05, 0.1) is 0 Å². The van der Waals surface area contributed by atoms with Crippen molar-refractivity contribution in [1.29, 1.82) is 0 Å². The number of rotatable bonds is 5. The molecule has 1 aromatic heterocycles. The minimum atomic E-state index is -0.538. The Balaban J connectivity index is 1.70. The maximum atomic E-state index is 11.8. The van der Waals surface area contributed by atoms with Crippen molar-refractivity contribution in [2.75, 3.05) is 6.61 Å². The van der Waals surface area contributed by atoms with E-state index in [-0.39, 0.29) is 17.5 Å². The summed E-state index contributed by atoms with van der Waals surface area (Å²) < 4.78 is 10.9. The van der Waals surface area contributed by atoms with E-state index >= 15 is 0 Å². The molecule has 2 rings (SSSR count). The molecule has 0 spiro atoms. The van der Waals surface area contributed by atoms with E-state index < -0.39 is 11.8 Å². The average Bonchev–Trinajstić information content (AvgIpc) is 3.05. The number of nitrogens with one attached hydrogen (secondary N) is 3. The van der Waals surface area contributed by atoms with E-state index in [1.807, 2.05) is 24.3 Å². The summed E-state index contributed by atoms with van der Waals surface area (Å²) >= 11 is 8.02. The molecule has 1 aromatic carbocycles. The Morgan fingerprint density at radius 3 is 2.42 bits per heavy atom. The molecule has 3 N–H and O–H groups in total. The second-order valence-electron chi connectivity index (χ2n) is 5.57. The van der Waals surface area contributed by atoms with Crippen LogP contribution in [0.15, 0.2) is 45.5 Å². The molecule has 0 saturated heterocycles. The first-order valence-corrected chi connectivity index (χ1v) is 8.93. The molecule has 0 fully saturated rings. The van der Waals surface area contributed by atoms with Crippen LogP contribution in [-0.2, 0) is 4.79 Å². The monoisotopic (exact) mass is 439 g/mol. The summed E-state index contributed by atoms with van der Waals surface area (Å²) in [5.74, 6) is 0.110. The maximum Gasteiger partial charge on any atom is 0.293 e. The third kappa shape index (κ3) is 6.16. The highest BCUT2D eigenvalue weighted by Crippen LogP contribution is 2.18. The third-order valence-corrected chi connectivity index (χ3v) is 3.89. The van der Waals surface area contributed by atoms with Crippen molar-refractivity contribution in [3.8, 4) is 5.75 Å². The quantitative estimate of drug-likeness (QED) is 0.489. The lowest BCUT2D eigenvalue weighted by molar-refractivity contribution is -0.123. The minimum Gasteiger partial charge on any atom is -0.484 e. The van der Waals surface area contributed by atoms with Crippen molar-refractivity contribution in [3.63, 3.8) is 0 Å². The fourth-order valence-corrected chi connectivity index (χ4v) is 2.34. The number of hydrogen-bond acceptors (Lipinski definition) is 5. The van der Waals surface area contributed by atoms with E-state index in [0.29, 0.717) is 16.3 Å². The first-order valence-electron chi connectivity index (χ1n) is 7.73. The molecule has 26 heavy (non-hydrogen) atoms. The Labute approximate surface area is 164 Å². The van der Waals surface area contributed by atoms with Crippen LogP contribution in [0.3, 0.4) is 0 Å².